The van der Waals surface area contributed by atoms with E-state index in [0.717, 1.165) is 11.3 Å². The summed E-state index contributed by atoms with van der Waals surface area (Å²) in [5.74, 6) is 1.77. The van der Waals surface area contributed by atoms with Crippen molar-refractivity contribution in [2.24, 2.45) is 0 Å². The molecule has 0 spiro atoms. The van der Waals surface area contributed by atoms with Crippen molar-refractivity contribution >= 4 is 28.7 Å². The summed E-state index contributed by atoms with van der Waals surface area (Å²) in [5.41, 5.74) is 7.79. The summed E-state index contributed by atoms with van der Waals surface area (Å²) in [6.45, 7) is 0. The van der Waals surface area contributed by atoms with Crippen LogP contribution in [-0.2, 0) is 0 Å². The Bertz CT molecular complexity index is 665. The zero-order chi connectivity index (χ0) is 13.1. The predicted octanol–water partition coefficient (Wildman–Crippen LogP) is 3.53. The van der Waals surface area contributed by atoms with Crippen molar-refractivity contribution in [1.29, 1.82) is 0 Å². The molecule has 3 rings (SSSR count). The molecular weight excluding hydrogens is 256 g/mol. The summed E-state index contributed by atoms with van der Waals surface area (Å²) in [7, 11) is 0. The molecule has 0 aliphatic carbocycles. The Morgan fingerprint density at radius 2 is 1.89 bits per heavy atom. The highest BCUT2D eigenvalue weighted by Crippen LogP contribution is 2.22. The van der Waals surface area contributed by atoms with Crippen molar-refractivity contribution < 1.29 is 0 Å². The van der Waals surface area contributed by atoms with Crippen LogP contribution in [0.25, 0.3) is 11.4 Å². The van der Waals surface area contributed by atoms with E-state index in [4.69, 9.17) is 5.73 Å². The summed E-state index contributed by atoms with van der Waals surface area (Å²) in [6, 6.07) is 13.5. The van der Waals surface area contributed by atoms with Crippen molar-refractivity contribution in [3.63, 3.8) is 0 Å². The maximum Gasteiger partial charge on any atom is 0.163 e. The van der Waals surface area contributed by atoms with Gasteiger partial charge >= 0.3 is 0 Å². The number of nitrogens with zero attached hydrogens (tertiary/aromatic N) is 2. The predicted molar refractivity (Wildman–Crippen MR) is 79.5 cm³/mol. The maximum absolute atomic E-state index is 5.84. The van der Waals surface area contributed by atoms with E-state index in [-0.39, 0.29) is 0 Å². The molecule has 3 N–H and O–H groups in total. The molecule has 3 aromatic rings. The Hall–Kier alpha value is -2.40. The van der Waals surface area contributed by atoms with Crippen molar-refractivity contribution in [2.75, 3.05) is 11.1 Å². The second kappa shape index (κ2) is 5.07. The van der Waals surface area contributed by atoms with Gasteiger partial charge in [0.05, 0.1) is 5.69 Å². The van der Waals surface area contributed by atoms with Crippen LogP contribution in [0.2, 0.25) is 0 Å². The lowest BCUT2D eigenvalue weighted by molar-refractivity contribution is 1.18. The van der Waals surface area contributed by atoms with Gasteiger partial charge in [0, 0.05) is 17.0 Å². The van der Waals surface area contributed by atoms with Gasteiger partial charge in [-0.05, 0) is 11.4 Å². The van der Waals surface area contributed by atoms with Gasteiger partial charge in [-0.2, -0.15) is 11.3 Å². The number of anilines is 3. The zero-order valence-corrected chi connectivity index (χ0v) is 10.9. The molecule has 5 heteroatoms. The Kier molecular flexibility index (Phi) is 3.12. The van der Waals surface area contributed by atoms with Gasteiger partial charge in [0.15, 0.2) is 5.82 Å². The van der Waals surface area contributed by atoms with Gasteiger partial charge < -0.3 is 11.1 Å². The number of hydrogen-bond donors (Lipinski definition) is 2. The first-order valence-electron chi connectivity index (χ1n) is 5.80. The average Bonchev–Trinajstić information content (AvgIpc) is 2.92. The molecule has 0 unspecified atom stereocenters. The summed E-state index contributed by atoms with van der Waals surface area (Å²) < 4.78 is 0. The Morgan fingerprint density at radius 3 is 2.63 bits per heavy atom. The van der Waals surface area contributed by atoms with Gasteiger partial charge in [-0.15, -0.1) is 0 Å². The lowest BCUT2D eigenvalue weighted by Crippen LogP contribution is -2.00. The number of nitrogen functional groups attached to an aromatic ring is 1. The van der Waals surface area contributed by atoms with Gasteiger partial charge in [-0.3, -0.25) is 0 Å². The van der Waals surface area contributed by atoms with E-state index in [1.807, 2.05) is 47.2 Å². The Morgan fingerprint density at radius 1 is 1.05 bits per heavy atom. The monoisotopic (exact) mass is 268 g/mol. The fourth-order valence-corrected chi connectivity index (χ4v) is 2.32. The average molecular weight is 268 g/mol. The molecule has 0 saturated heterocycles. The lowest BCUT2D eigenvalue weighted by atomic mass is 10.2. The largest absolute Gasteiger partial charge is 0.384 e. The third-order valence-electron chi connectivity index (χ3n) is 2.57. The van der Waals surface area contributed by atoms with Gasteiger partial charge in [0.1, 0.15) is 11.6 Å². The quantitative estimate of drug-likeness (QED) is 0.762. The number of benzene rings is 1. The third kappa shape index (κ3) is 2.71. The smallest absolute Gasteiger partial charge is 0.163 e. The standard InChI is InChI=1S/C14H12N4S/c15-12-8-13(16-11-6-7-19-9-11)18-14(17-12)10-4-2-1-3-5-10/h1-9H,(H3,15,16,17,18). The second-order valence-corrected chi connectivity index (χ2v) is 4.78. The van der Waals surface area contributed by atoms with Crippen LogP contribution in [-0.4, -0.2) is 9.97 Å². The lowest BCUT2D eigenvalue weighted by Gasteiger charge is -2.07. The fraction of sp³-hybridized carbons (Fsp3) is 0. The molecule has 2 aromatic heterocycles. The SMILES string of the molecule is Nc1cc(Nc2ccsc2)nc(-c2ccccc2)n1. The van der Waals surface area contributed by atoms with E-state index >= 15 is 0 Å². The number of rotatable bonds is 3. The number of thiophene rings is 1. The van der Waals surface area contributed by atoms with E-state index in [9.17, 15) is 0 Å². The molecular formula is C14H12N4S. The van der Waals surface area contributed by atoms with Crippen LogP contribution in [0.4, 0.5) is 17.3 Å². The highest BCUT2D eigenvalue weighted by atomic mass is 32.1. The first kappa shape index (κ1) is 11.7. The minimum absolute atomic E-state index is 0.451. The molecule has 0 fully saturated rings. The van der Waals surface area contributed by atoms with E-state index in [2.05, 4.69) is 15.3 Å². The molecule has 2 heterocycles. The van der Waals surface area contributed by atoms with Gasteiger partial charge in [0.2, 0.25) is 0 Å². The molecule has 0 bridgehead atoms. The second-order valence-electron chi connectivity index (χ2n) is 4.00. The summed E-state index contributed by atoms with van der Waals surface area (Å²) in [6.07, 6.45) is 0. The molecule has 94 valence electrons. The van der Waals surface area contributed by atoms with Crippen LogP contribution >= 0.6 is 11.3 Å². The van der Waals surface area contributed by atoms with E-state index < -0.39 is 0 Å². The topological polar surface area (TPSA) is 63.8 Å². The van der Waals surface area contributed by atoms with Crippen LogP contribution in [0.5, 0.6) is 0 Å². The Labute approximate surface area is 115 Å². The summed E-state index contributed by atoms with van der Waals surface area (Å²) >= 11 is 1.63. The molecule has 0 atom stereocenters. The van der Waals surface area contributed by atoms with Crippen LogP contribution in [0.1, 0.15) is 0 Å². The highest BCUT2D eigenvalue weighted by Gasteiger charge is 2.05. The minimum atomic E-state index is 0.451. The molecule has 0 saturated carbocycles. The van der Waals surface area contributed by atoms with E-state index in [0.29, 0.717) is 17.5 Å². The number of aromatic nitrogens is 2. The number of nitrogens with one attached hydrogen (secondary N) is 1. The van der Waals surface area contributed by atoms with Crippen LogP contribution in [0.15, 0.2) is 53.2 Å². The normalized spacial score (nSPS) is 10.3. The molecule has 0 radical (unpaired) electrons. The van der Waals surface area contributed by atoms with Crippen LogP contribution in [0, 0.1) is 0 Å². The van der Waals surface area contributed by atoms with Crippen molar-refractivity contribution in [2.45, 2.75) is 0 Å². The van der Waals surface area contributed by atoms with Crippen molar-refractivity contribution in [3.8, 4) is 11.4 Å². The molecule has 0 amide bonds. The molecule has 0 aliphatic heterocycles. The molecule has 1 aromatic carbocycles. The van der Waals surface area contributed by atoms with Crippen LogP contribution < -0.4 is 11.1 Å². The number of hydrogen-bond acceptors (Lipinski definition) is 5. The van der Waals surface area contributed by atoms with E-state index in [1.165, 1.54) is 0 Å². The summed E-state index contributed by atoms with van der Waals surface area (Å²) in [4.78, 5) is 8.74. The third-order valence-corrected chi connectivity index (χ3v) is 3.25. The first-order valence-corrected chi connectivity index (χ1v) is 6.75. The molecule has 0 aliphatic rings. The molecule has 19 heavy (non-hydrogen) atoms. The molecule has 4 nitrogen and oxygen atoms in total. The van der Waals surface area contributed by atoms with Crippen molar-refractivity contribution in [3.05, 3.63) is 53.2 Å². The minimum Gasteiger partial charge on any atom is -0.384 e. The van der Waals surface area contributed by atoms with Gasteiger partial charge in [-0.25, -0.2) is 9.97 Å². The van der Waals surface area contributed by atoms with Crippen LogP contribution in [0.3, 0.4) is 0 Å². The Balaban J connectivity index is 1.97. The zero-order valence-electron chi connectivity index (χ0n) is 10.1. The highest BCUT2D eigenvalue weighted by molar-refractivity contribution is 7.08. The fourth-order valence-electron chi connectivity index (χ4n) is 1.73. The first-order chi connectivity index (χ1) is 9.31. The van der Waals surface area contributed by atoms with E-state index in [1.54, 1.807) is 17.4 Å². The summed E-state index contributed by atoms with van der Waals surface area (Å²) in [5, 5.41) is 7.23. The maximum atomic E-state index is 5.84. The van der Waals surface area contributed by atoms with Gasteiger partial charge in [-0.1, -0.05) is 30.3 Å². The number of nitrogens with two attached hydrogens (primary N) is 1. The van der Waals surface area contributed by atoms with Gasteiger partial charge in [0.25, 0.3) is 0 Å². The van der Waals surface area contributed by atoms with Crippen molar-refractivity contribution in [1.82, 2.24) is 9.97 Å².